The van der Waals surface area contributed by atoms with Crippen molar-refractivity contribution < 1.29 is 0 Å². The van der Waals surface area contributed by atoms with Crippen LogP contribution in [0.25, 0.3) is 11.3 Å². The van der Waals surface area contributed by atoms with Crippen LogP contribution in [0.2, 0.25) is 0 Å². The van der Waals surface area contributed by atoms with Gasteiger partial charge in [0.25, 0.3) is 0 Å². The lowest BCUT2D eigenvalue weighted by Crippen LogP contribution is -2.28. The lowest BCUT2D eigenvalue weighted by Gasteiger charge is -2.27. The fourth-order valence-electron chi connectivity index (χ4n) is 3.71. The zero-order valence-corrected chi connectivity index (χ0v) is 17.9. The number of benzene rings is 1. The molecular formula is C24H28N6. The summed E-state index contributed by atoms with van der Waals surface area (Å²) in [5, 5.41) is 3.36. The second-order valence-electron chi connectivity index (χ2n) is 7.62. The summed E-state index contributed by atoms with van der Waals surface area (Å²) in [6.07, 6.45) is 3.58. The second kappa shape index (κ2) is 8.53. The van der Waals surface area contributed by atoms with E-state index in [2.05, 4.69) is 82.0 Å². The molecule has 0 saturated heterocycles. The van der Waals surface area contributed by atoms with Gasteiger partial charge in [0.1, 0.15) is 17.5 Å². The minimum Gasteiger partial charge on any atom is -0.372 e. The maximum absolute atomic E-state index is 5.06. The molecule has 30 heavy (non-hydrogen) atoms. The largest absolute Gasteiger partial charge is 0.372 e. The molecule has 0 aliphatic carbocycles. The van der Waals surface area contributed by atoms with Crippen molar-refractivity contribution in [3.63, 3.8) is 0 Å². The second-order valence-corrected chi connectivity index (χ2v) is 7.62. The molecule has 1 aliphatic rings. The van der Waals surface area contributed by atoms with E-state index in [0.717, 1.165) is 66.2 Å². The Kier molecular flexibility index (Phi) is 5.65. The first kappa shape index (κ1) is 19.9. The monoisotopic (exact) mass is 400 g/mol. The highest BCUT2D eigenvalue weighted by molar-refractivity contribution is 5.75. The highest BCUT2D eigenvalue weighted by Gasteiger charge is 2.23. The average Bonchev–Trinajstić information content (AvgIpc) is 2.92. The first-order valence-electron chi connectivity index (χ1n) is 10.4. The quantitative estimate of drug-likeness (QED) is 0.673. The van der Waals surface area contributed by atoms with E-state index in [9.17, 15) is 0 Å². The van der Waals surface area contributed by atoms with Crippen molar-refractivity contribution in [2.45, 2.75) is 26.7 Å². The van der Waals surface area contributed by atoms with Crippen molar-refractivity contribution in [1.29, 1.82) is 0 Å². The van der Waals surface area contributed by atoms with Gasteiger partial charge >= 0.3 is 0 Å². The van der Waals surface area contributed by atoms with Crippen LogP contribution in [0.15, 0.2) is 61.1 Å². The third-order valence-electron chi connectivity index (χ3n) is 5.33. The van der Waals surface area contributed by atoms with E-state index in [4.69, 9.17) is 4.98 Å². The fourth-order valence-corrected chi connectivity index (χ4v) is 3.71. The topological polar surface area (TPSA) is 57.2 Å². The standard InChI is InChI=1S/C24H28N6/c1-5-22-25-13-12-23(28-22)26-18(3)30-15-7-14-29(4)21-11-10-20(27-24(21)30)19-9-6-8-17(2)16-19/h6,8-13,16H,3,5,7,14-15H2,1-2,4H3,(H,25,26,28). The van der Waals surface area contributed by atoms with E-state index in [0.29, 0.717) is 0 Å². The molecule has 2 aromatic heterocycles. The van der Waals surface area contributed by atoms with Gasteiger partial charge in [-0.15, -0.1) is 0 Å². The lowest BCUT2D eigenvalue weighted by molar-refractivity contribution is 0.788. The van der Waals surface area contributed by atoms with Crippen molar-refractivity contribution in [1.82, 2.24) is 15.0 Å². The highest BCUT2D eigenvalue weighted by atomic mass is 15.3. The molecule has 1 aromatic carbocycles. The van der Waals surface area contributed by atoms with Gasteiger partial charge in [-0.3, -0.25) is 0 Å². The molecule has 4 rings (SSSR count). The summed E-state index contributed by atoms with van der Waals surface area (Å²) in [6, 6.07) is 14.6. The lowest BCUT2D eigenvalue weighted by atomic mass is 10.1. The molecule has 0 bridgehead atoms. The summed E-state index contributed by atoms with van der Waals surface area (Å²) in [5.41, 5.74) is 4.40. The van der Waals surface area contributed by atoms with Crippen LogP contribution in [-0.2, 0) is 6.42 Å². The Hall–Kier alpha value is -3.41. The number of anilines is 3. The summed E-state index contributed by atoms with van der Waals surface area (Å²) in [4.78, 5) is 18.3. The van der Waals surface area contributed by atoms with Crippen molar-refractivity contribution in [2.75, 3.05) is 35.3 Å². The molecule has 6 nitrogen and oxygen atoms in total. The van der Waals surface area contributed by atoms with E-state index in [1.54, 1.807) is 6.20 Å². The minimum atomic E-state index is 0.751. The molecule has 154 valence electrons. The number of hydrogen-bond acceptors (Lipinski definition) is 6. The number of hydrogen-bond donors (Lipinski definition) is 1. The third-order valence-corrected chi connectivity index (χ3v) is 5.33. The number of aryl methyl sites for hydroxylation is 2. The zero-order valence-electron chi connectivity index (χ0n) is 17.9. The third kappa shape index (κ3) is 4.13. The normalized spacial score (nSPS) is 13.6. The minimum absolute atomic E-state index is 0.751. The summed E-state index contributed by atoms with van der Waals surface area (Å²) >= 11 is 0. The predicted molar refractivity (Wildman–Crippen MR) is 124 cm³/mol. The summed E-state index contributed by atoms with van der Waals surface area (Å²) in [6.45, 7) is 10.3. The molecule has 0 saturated carbocycles. The van der Waals surface area contributed by atoms with Crippen molar-refractivity contribution in [3.8, 4) is 11.3 Å². The van der Waals surface area contributed by atoms with Crippen LogP contribution < -0.4 is 15.1 Å². The van der Waals surface area contributed by atoms with Crippen molar-refractivity contribution >= 4 is 17.3 Å². The zero-order chi connectivity index (χ0) is 21.1. The fraction of sp³-hybridized carbons (Fsp3) is 0.292. The van der Waals surface area contributed by atoms with E-state index < -0.39 is 0 Å². The molecular weight excluding hydrogens is 372 g/mol. The number of fused-ring (bicyclic) bond motifs is 1. The Morgan fingerprint density at radius 2 is 2.00 bits per heavy atom. The van der Waals surface area contributed by atoms with Crippen LogP contribution >= 0.6 is 0 Å². The molecule has 3 aromatic rings. The van der Waals surface area contributed by atoms with Crippen LogP contribution in [0.4, 0.5) is 17.3 Å². The van der Waals surface area contributed by atoms with Crippen LogP contribution in [0.3, 0.4) is 0 Å². The van der Waals surface area contributed by atoms with Gasteiger partial charge in [0.15, 0.2) is 5.82 Å². The molecule has 0 fully saturated rings. The van der Waals surface area contributed by atoms with Gasteiger partial charge in [0.05, 0.1) is 11.4 Å². The van der Waals surface area contributed by atoms with Gasteiger partial charge in [-0.25, -0.2) is 15.0 Å². The van der Waals surface area contributed by atoms with Crippen LogP contribution in [0, 0.1) is 6.92 Å². The van der Waals surface area contributed by atoms with Gasteiger partial charge in [0, 0.05) is 38.3 Å². The maximum atomic E-state index is 5.06. The predicted octanol–water partition coefficient (Wildman–Crippen LogP) is 4.64. The van der Waals surface area contributed by atoms with E-state index >= 15 is 0 Å². The van der Waals surface area contributed by atoms with Crippen LogP contribution in [-0.4, -0.2) is 35.1 Å². The van der Waals surface area contributed by atoms with Crippen molar-refractivity contribution in [2.24, 2.45) is 0 Å². The maximum Gasteiger partial charge on any atom is 0.158 e. The van der Waals surface area contributed by atoms with E-state index in [1.807, 2.05) is 13.0 Å². The molecule has 0 spiro atoms. The number of pyridine rings is 1. The Bertz CT molecular complexity index is 1060. The molecule has 0 radical (unpaired) electrons. The number of rotatable bonds is 5. The van der Waals surface area contributed by atoms with Crippen molar-refractivity contribution in [3.05, 3.63) is 72.4 Å². The Balaban J connectivity index is 1.70. The van der Waals surface area contributed by atoms with Crippen LogP contribution in [0.1, 0.15) is 24.7 Å². The number of nitrogens with one attached hydrogen (secondary N) is 1. The SMILES string of the molecule is C=C(Nc1ccnc(CC)n1)N1CCCN(C)c2ccc(-c3cccc(C)c3)nc21. The van der Waals surface area contributed by atoms with Gasteiger partial charge in [-0.05, 0) is 37.6 Å². The smallest absolute Gasteiger partial charge is 0.158 e. The van der Waals surface area contributed by atoms with E-state index in [1.165, 1.54) is 5.56 Å². The molecule has 0 amide bonds. The molecule has 1 aliphatic heterocycles. The van der Waals surface area contributed by atoms with Gasteiger partial charge in [-0.2, -0.15) is 0 Å². The Morgan fingerprint density at radius 1 is 1.13 bits per heavy atom. The number of aromatic nitrogens is 3. The summed E-state index contributed by atoms with van der Waals surface area (Å²) in [7, 11) is 2.12. The molecule has 0 unspecified atom stereocenters. The summed E-state index contributed by atoms with van der Waals surface area (Å²) in [5.74, 6) is 3.24. The molecule has 1 N–H and O–H groups in total. The summed E-state index contributed by atoms with van der Waals surface area (Å²) < 4.78 is 0. The molecule has 0 atom stereocenters. The first-order chi connectivity index (χ1) is 14.5. The van der Waals surface area contributed by atoms with Crippen LogP contribution in [0.5, 0.6) is 0 Å². The average molecular weight is 401 g/mol. The van der Waals surface area contributed by atoms with Gasteiger partial charge in [-0.1, -0.05) is 37.3 Å². The molecule has 3 heterocycles. The Labute approximate surface area is 178 Å². The van der Waals surface area contributed by atoms with Gasteiger partial charge < -0.3 is 15.1 Å². The highest BCUT2D eigenvalue weighted by Crippen LogP contribution is 2.34. The van der Waals surface area contributed by atoms with E-state index in [-0.39, 0.29) is 0 Å². The number of nitrogens with zero attached hydrogens (tertiary/aromatic N) is 5. The molecule has 6 heteroatoms. The van der Waals surface area contributed by atoms with Gasteiger partial charge in [0.2, 0.25) is 0 Å². The Morgan fingerprint density at radius 3 is 2.80 bits per heavy atom. The first-order valence-corrected chi connectivity index (χ1v) is 10.4.